The zero-order chi connectivity index (χ0) is 12.4. The molecule has 1 aromatic carbocycles. The number of nitrogens with two attached hydrogens (primary N) is 1. The standard InChI is InChI=1S/C14H19F2N/c1-9-7-8-11(13(16)12(9)15)14(17)10-5-3-2-4-6-10/h7-8,10,14H,2-6,17H2,1H3/t14-/m0/s1. The largest absolute Gasteiger partial charge is 0.324 e. The minimum absolute atomic E-state index is 0.292. The molecule has 0 unspecified atom stereocenters. The Morgan fingerprint density at radius 3 is 2.41 bits per heavy atom. The summed E-state index contributed by atoms with van der Waals surface area (Å²) < 4.78 is 27.3. The fourth-order valence-electron chi connectivity index (χ4n) is 2.67. The van der Waals surface area contributed by atoms with E-state index in [1.54, 1.807) is 19.1 Å². The molecule has 1 aromatic rings. The Balaban J connectivity index is 2.24. The highest BCUT2D eigenvalue weighted by atomic mass is 19.2. The summed E-state index contributed by atoms with van der Waals surface area (Å²) in [5, 5.41) is 0. The molecule has 2 rings (SSSR count). The van der Waals surface area contributed by atoms with Crippen LogP contribution >= 0.6 is 0 Å². The van der Waals surface area contributed by atoms with Crippen LogP contribution in [0.3, 0.4) is 0 Å². The van der Waals surface area contributed by atoms with E-state index < -0.39 is 11.6 Å². The normalized spacial score (nSPS) is 19.3. The maximum atomic E-state index is 13.8. The molecule has 0 bridgehead atoms. The Bertz CT molecular complexity index is 397. The Morgan fingerprint density at radius 1 is 1.12 bits per heavy atom. The lowest BCUT2D eigenvalue weighted by atomic mass is 9.81. The van der Waals surface area contributed by atoms with Crippen LogP contribution in [0.5, 0.6) is 0 Å². The van der Waals surface area contributed by atoms with Crippen LogP contribution in [0.25, 0.3) is 0 Å². The summed E-state index contributed by atoms with van der Waals surface area (Å²) in [6.45, 7) is 1.56. The third kappa shape index (κ3) is 2.49. The van der Waals surface area contributed by atoms with Gasteiger partial charge in [-0.15, -0.1) is 0 Å². The maximum absolute atomic E-state index is 13.8. The molecular weight excluding hydrogens is 220 g/mol. The molecule has 94 valence electrons. The summed E-state index contributed by atoms with van der Waals surface area (Å²) in [7, 11) is 0. The minimum Gasteiger partial charge on any atom is -0.324 e. The third-order valence-electron chi connectivity index (χ3n) is 3.82. The van der Waals surface area contributed by atoms with E-state index in [9.17, 15) is 8.78 Å². The monoisotopic (exact) mass is 239 g/mol. The molecule has 1 atom stereocenters. The van der Waals surface area contributed by atoms with Crippen LogP contribution in [-0.4, -0.2) is 0 Å². The highest BCUT2D eigenvalue weighted by molar-refractivity contribution is 5.28. The first-order valence-corrected chi connectivity index (χ1v) is 6.31. The molecule has 17 heavy (non-hydrogen) atoms. The molecule has 1 fully saturated rings. The third-order valence-corrected chi connectivity index (χ3v) is 3.82. The van der Waals surface area contributed by atoms with Gasteiger partial charge in [0, 0.05) is 11.6 Å². The molecule has 0 saturated heterocycles. The van der Waals surface area contributed by atoms with Gasteiger partial charge in [0.05, 0.1) is 0 Å². The number of halogens is 2. The van der Waals surface area contributed by atoms with Crippen molar-refractivity contribution >= 4 is 0 Å². The lowest BCUT2D eigenvalue weighted by Gasteiger charge is -2.28. The molecule has 0 aliphatic heterocycles. The first-order valence-electron chi connectivity index (χ1n) is 6.31. The average molecular weight is 239 g/mol. The van der Waals surface area contributed by atoms with Crippen LogP contribution in [-0.2, 0) is 0 Å². The van der Waals surface area contributed by atoms with E-state index in [0.717, 1.165) is 25.7 Å². The molecule has 0 spiro atoms. The van der Waals surface area contributed by atoms with Crippen molar-refractivity contribution in [3.8, 4) is 0 Å². The van der Waals surface area contributed by atoms with E-state index in [2.05, 4.69) is 0 Å². The first-order chi connectivity index (χ1) is 8.11. The van der Waals surface area contributed by atoms with E-state index in [0.29, 0.717) is 17.0 Å². The fourth-order valence-corrected chi connectivity index (χ4v) is 2.67. The van der Waals surface area contributed by atoms with Crippen molar-refractivity contribution in [3.63, 3.8) is 0 Å². The second-order valence-electron chi connectivity index (χ2n) is 5.02. The Kier molecular flexibility index (Phi) is 3.77. The summed E-state index contributed by atoms with van der Waals surface area (Å²) in [6.07, 6.45) is 5.57. The molecule has 1 aliphatic rings. The predicted molar refractivity (Wildman–Crippen MR) is 64.6 cm³/mol. The zero-order valence-corrected chi connectivity index (χ0v) is 10.2. The van der Waals surface area contributed by atoms with Crippen molar-refractivity contribution in [2.75, 3.05) is 0 Å². The van der Waals surface area contributed by atoms with Crippen LogP contribution < -0.4 is 5.73 Å². The van der Waals surface area contributed by atoms with Crippen LogP contribution in [0.15, 0.2) is 12.1 Å². The highest BCUT2D eigenvalue weighted by Gasteiger charge is 2.25. The van der Waals surface area contributed by atoms with Gasteiger partial charge in [0.1, 0.15) is 0 Å². The number of hydrogen-bond acceptors (Lipinski definition) is 1. The predicted octanol–water partition coefficient (Wildman–Crippen LogP) is 3.85. The van der Waals surface area contributed by atoms with Gasteiger partial charge in [0.15, 0.2) is 11.6 Å². The van der Waals surface area contributed by atoms with Crippen LogP contribution in [0.1, 0.15) is 49.3 Å². The number of aryl methyl sites for hydroxylation is 1. The van der Waals surface area contributed by atoms with Gasteiger partial charge in [0.2, 0.25) is 0 Å². The first kappa shape index (κ1) is 12.5. The van der Waals surface area contributed by atoms with E-state index in [4.69, 9.17) is 5.73 Å². The second-order valence-corrected chi connectivity index (χ2v) is 5.02. The minimum atomic E-state index is -0.761. The van der Waals surface area contributed by atoms with Gasteiger partial charge >= 0.3 is 0 Å². The molecule has 1 aliphatic carbocycles. The van der Waals surface area contributed by atoms with Crippen molar-refractivity contribution < 1.29 is 8.78 Å². The molecule has 0 radical (unpaired) electrons. The molecule has 1 saturated carbocycles. The molecule has 0 heterocycles. The maximum Gasteiger partial charge on any atom is 0.163 e. The summed E-state index contributed by atoms with van der Waals surface area (Å²) in [5.74, 6) is -1.22. The van der Waals surface area contributed by atoms with E-state index in [-0.39, 0.29) is 6.04 Å². The van der Waals surface area contributed by atoms with E-state index in [1.165, 1.54) is 6.42 Å². The van der Waals surface area contributed by atoms with Gasteiger partial charge in [0.25, 0.3) is 0 Å². The van der Waals surface area contributed by atoms with Gasteiger partial charge in [-0.05, 0) is 31.2 Å². The zero-order valence-electron chi connectivity index (χ0n) is 10.2. The second kappa shape index (κ2) is 5.13. The summed E-state index contributed by atoms with van der Waals surface area (Å²) in [6, 6.07) is 2.87. The number of benzene rings is 1. The number of hydrogen-bond donors (Lipinski definition) is 1. The van der Waals surface area contributed by atoms with Crippen molar-refractivity contribution in [1.29, 1.82) is 0 Å². The highest BCUT2D eigenvalue weighted by Crippen LogP contribution is 2.34. The summed E-state index contributed by atoms with van der Waals surface area (Å²) in [5.41, 5.74) is 6.75. The Labute approximate surface area is 101 Å². The molecule has 2 N–H and O–H groups in total. The van der Waals surface area contributed by atoms with Gasteiger partial charge in [-0.2, -0.15) is 0 Å². The van der Waals surface area contributed by atoms with Crippen molar-refractivity contribution in [3.05, 3.63) is 34.9 Å². The molecule has 0 amide bonds. The lowest BCUT2D eigenvalue weighted by Crippen LogP contribution is -2.25. The average Bonchev–Trinajstić information content (AvgIpc) is 2.36. The van der Waals surface area contributed by atoms with E-state index >= 15 is 0 Å². The topological polar surface area (TPSA) is 26.0 Å². The van der Waals surface area contributed by atoms with Gasteiger partial charge in [-0.3, -0.25) is 0 Å². The van der Waals surface area contributed by atoms with Crippen molar-refractivity contribution in [2.45, 2.75) is 45.1 Å². The van der Waals surface area contributed by atoms with Crippen molar-refractivity contribution in [1.82, 2.24) is 0 Å². The Hall–Kier alpha value is -0.960. The smallest absolute Gasteiger partial charge is 0.163 e. The van der Waals surface area contributed by atoms with Crippen LogP contribution in [0.4, 0.5) is 8.78 Å². The van der Waals surface area contributed by atoms with Gasteiger partial charge in [-0.1, -0.05) is 31.4 Å². The summed E-state index contributed by atoms with van der Waals surface area (Å²) in [4.78, 5) is 0. The molecular formula is C14H19F2N. The Morgan fingerprint density at radius 2 is 1.76 bits per heavy atom. The quantitative estimate of drug-likeness (QED) is 0.833. The molecule has 3 heteroatoms. The van der Waals surface area contributed by atoms with Gasteiger partial charge < -0.3 is 5.73 Å². The molecule has 1 nitrogen and oxygen atoms in total. The van der Waals surface area contributed by atoms with Crippen molar-refractivity contribution in [2.24, 2.45) is 11.7 Å². The van der Waals surface area contributed by atoms with Gasteiger partial charge in [-0.25, -0.2) is 8.78 Å². The fraction of sp³-hybridized carbons (Fsp3) is 0.571. The van der Waals surface area contributed by atoms with Crippen LogP contribution in [0, 0.1) is 24.5 Å². The van der Waals surface area contributed by atoms with Crippen LogP contribution in [0.2, 0.25) is 0 Å². The summed E-state index contributed by atoms with van der Waals surface area (Å²) >= 11 is 0. The lowest BCUT2D eigenvalue weighted by molar-refractivity contribution is 0.301. The number of rotatable bonds is 2. The SMILES string of the molecule is Cc1ccc([C@@H](N)C2CCCCC2)c(F)c1F. The molecule has 0 aromatic heterocycles. The van der Waals surface area contributed by atoms with E-state index in [1.807, 2.05) is 0 Å².